The Morgan fingerprint density at radius 3 is 1.33 bits per heavy atom. The van der Waals surface area contributed by atoms with Crippen LogP contribution >= 0.6 is 16.1 Å². The summed E-state index contributed by atoms with van der Waals surface area (Å²) in [5, 5.41) is 1.45. The molecule has 2 rings (SSSR count). The molecule has 126 valence electrons. The average Bonchev–Trinajstić information content (AvgIpc) is 2.65. The maximum Gasteiger partial charge on any atom is 0.548 e. The molecule has 0 radical (unpaired) electrons. The first-order valence-electron chi connectivity index (χ1n) is 8.08. The van der Waals surface area contributed by atoms with Gasteiger partial charge in [0.15, 0.2) is 0 Å². The Balaban J connectivity index is 1.48. The Bertz CT molecular complexity index is 574. The van der Waals surface area contributed by atoms with Crippen LogP contribution < -0.4 is 10.6 Å². The van der Waals surface area contributed by atoms with Gasteiger partial charge in [-0.25, -0.2) is 0 Å². The van der Waals surface area contributed by atoms with Gasteiger partial charge in [0.1, 0.15) is 13.2 Å². The molecule has 2 aromatic rings. The predicted octanol–water partition coefficient (Wildman–Crippen LogP) is 4.72. The minimum Gasteiger partial charge on any atom is -0.142 e. The molecule has 0 aliphatic carbocycles. The van der Waals surface area contributed by atoms with Crippen molar-refractivity contribution in [1.29, 1.82) is 0 Å². The predicted molar refractivity (Wildman–Crippen MR) is 97.7 cm³/mol. The zero-order valence-corrected chi connectivity index (χ0v) is 15.3. The van der Waals surface area contributed by atoms with Gasteiger partial charge in [-0.2, -0.15) is 0 Å². The smallest absolute Gasteiger partial charge is 0.142 e. The molecule has 2 unspecified atom stereocenters. The van der Waals surface area contributed by atoms with Gasteiger partial charge in [0.2, 0.25) is 10.6 Å². The summed E-state index contributed by atoms with van der Waals surface area (Å²) >= 11 is 0. The second-order valence-corrected chi connectivity index (χ2v) is 7.84. The van der Waals surface area contributed by atoms with E-state index < -0.39 is 16.1 Å². The molecule has 0 aliphatic rings. The van der Waals surface area contributed by atoms with Gasteiger partial charge < -0.3 is 0 Å². The van der Waals surface area contributed by atoms with E-state index in [0.717, 1.165) is 36.3 Å². The van der Waals surface area contributed by atoms with Crippen molar-refractivity contribution in [2.24, 2.45) is 0 Å². The standard InChI is InChI=1S/C18H22O4P2/c19-23(17-11-5-3-6-12-17)21-15-9-1-2-10-16-22-24(20)18-13-7-4-8-14-18/h3-8,11-14H,1-2,9-10,15-16H2/q+2. The summed E-state index contributed by atoms with van der Waals surface area (Å²) in [6.07, 6.45) is 3.67. The van der Waals surface area contributed by atoms with Crippen LogP contribution in [-0.4, -0.2) is 13.2 Å². The molecule has 0 spiro atoms. The fraction of sp³-hybridized carbons (Fsp3) is 0.333. The molecule has 2 aromatic carbocycles. The third kappa shape index (κ3) is 6.98. The average molecular weight is 364 g/mol. The lowest BCUT2D eigenvalue weighted by Crippen LogP contribution is -1.99. The Morgan fingerprint density at radius 2 is 0.958 bits per heavy atom. The molecular formula is C18H22O4P2+2. The highest BCUT2D eigenvalue weighted by Crippen LogP contribution is 2.23. The summed E-state index contributed by atoms with van der Waals surface area (Å²) in [5.41, 5.74) is 0. The quantitative estimate of drug-likeness (QED) is 0.428. The van der Waals surface area contributed by atoms with E-state index in [1.165, 1.54) is 0 Å². The van der Waals surface area contributed by atoms with Crippen molar-refractivity contribution in [3.05, 3.63) is 60.7 Å². The molecule has 0 bridgehead atoms. The van der Waals surface area contributed by atoms with E-state index in [9.17, 15) is 9.13 Å². The van der Waals surface area contributed by atoms with E-state index in [1.54, 1.807) is 0 Å². The number of unbranched alkanes of at least 4 members (excludes halogenated alkanes) is 3. The van der Waals surface area contributed by atoms with Crippen molar-refractivity contribution in [3.8, 4) is 0 Å². The molecular weight excluding hydrogens is 342 g/mol. The Morgan fingerprint density at radius 1 is 0.583 bits per heavy atom. The van der Waals surface area contributed by atoms with Crippen LogP contribution in [-0.2, 0) is 18.2 Å². The molecule has 0 saturated carbocycles. The molecule has 6 heteroatoms. The maximum atomic E-state index is 11.9. The lowest BCUT2D eigenvalue weighted by molar-refractivity contribution is 0.304. The zero-order valence-electron chi connectivity index (χ0n) is 13.5. The summed E-state index contributed by atoms with van der Waals surface area (Å²) in [4.78, 5) is 0. The molecule has 0 amide bonds. The zero-order chi connectivity index (χ0) is 17.0. The molecule has 24 heavy (non-hydrogen) atoms. The molecule has 0 N–H and O–H groups in total. The monoisotopic (exact) mass is 364 g/mol. The lowest BCUT2D eigenvalue weighted by Gasteiger charge is -1.96. The highest BCUT2D eigenvalue weighted by molar-refractivity contribution is 7.48. The summed E-state index contributed by atoms with van der Waals surface area (Å²) in [7, 11) is -3.50. The van der Waals surface area contributed by atoms with Gasteiger partial charge in [-0.05, 0) is 46.2 Å². The van der Waals surface area contributed by atoms with Crippen LogP contribution in [0.2, 0.25) is 0 Å². The highest BCUT2D eigenvalue weighted by atomic mass is 31.1. The Hall–Kier alpha value is -1.44. The van der Waals surface area contributed by atoms with Gasteiger partial charge >= 0.3 is 16.1 Å². The van der Waals surface area contributed by atoms with Crippen molar-refractivity contribution in [2.75, 3.05) is 13.2 Å². The first-order chi connectivity index (χ1) is 11.8. The SMILES string of the molecule is O=[P+](OCCCCCCO[P+](=O)c1ccccc1)c1ccccc1. The van der Waals surface area contributed by atoms with Crippen LogP contribution in [0.25, 0.3) is 0 Å². The number of rotatable bonds is 11. The van der Waals surface area contributed by atoms with Gasteiger partial charge in [0.05, 0.1) is 0 Å². The largest absolute Gasteiger partial charge is 0.548 e. The van der Waals surface area contributed by atoms with E-state index in [0.29, 0.717) is 13.2 Å². The van der Waals surface area contributed by atoms with Gasteiger partial charge in [-0.15, -0.1) is 9.05 Å². The van der Waals surface area contributed by atoms with Crippen LogP contribution in [0.5, 0.6) is 0 Å². The molecule has 0 aromatic heterocycles. The fourth-order valence-electron chi connectivity index (χ4n) is 2.10. The molecule has 0 heterocycles. The normalized spacial score (nSPS) is 12.0. The molecule has 0 saturated heterocycles. The van der Waals surface area contributed by atoms with Crippen LogP contribution in [0.4, 0.5) is 0 Å². The summed E-state index contributed by atoms with van der Waals surface area (Å²) in [6, 6.07) is 18.4. The van der Waals surface area contributed by atoms with Crippen LogP contribution in [0.15, 0.2) is 60.7 Å². The van der Waals surface area contributed by atoms with E-state index in [-0.39, 0.29) is 0 Å². The summed E-state index contributed by atoms with van der Waals surface area (Å²) in [5.74, 6) is 0. The van der Waals surface area contributed by atoms with E-state index in [4.69, 9.17) is 9.05 Å². The number of hydrogen-bond acceptors (Lipinski definition) is 4. The van der Waals surface area contributed by atoms with E-state index in [2.05, 4.69) is 0 Å². The van der Waals surface area contributed by atoms with Crippen LogP contribution in [0, 0.1) is 0 Å². The maximum absolute atomic E-state index is 11.9. The first kappa shape index (κ1) is 18.9. The number of benzene rings is 2. The Kier molecular flexibility index (Phi) is 8.80. The van der Waals surface area contributed by atoms with Crippen molar-refractivity contribution in [3.63, 3.8) is 0 Å². The van der Waals surface area contributed by atoms with Gasteiger partial charge in [0.25, 0.3) is 0 Å². The van der Waals surface area contributed by atoms with Crippen molar-refractivity contribution in [2.45, 2.75) is 25.7 Å². The summed E-state index contributed by atoms with van der Waals surface area (Å²) in [6.45, 7) is 0.979. The fourth-order valence-corrected chi connectivity index (χ4v) is 3.82. The van der Waals surface area contributed by atoms with E-state index >= 15 is 0 Å². The van der Waals surface area contributed by atoms with Crippen molar-refractivity contribution < 1.29 is 18.2 Å². The van der Waals surface area contributed by atoms with Crippen LogP contribution in [0.3, 0.4) is 0 Å². The topological polar surface area (TPSA) is 52.6 Å². The van der Waals surface area contributed by atoms with Gasteiger partial charge in [0, 0.05) is 0 Å². The second-order valence-electron chi connectivity index (χ2n) is 5.27. The molecule has 0 fully saturated rings. The Labute approximate surface area is 144 Å². The second kappa shape index (κ2) is 11.2. The third-order valence-corrected chi connectivity index (χ3v) is 5.66. The minimum absolute atomic E-state index is 0.489. The number of hydrogen-bond donors (Lipinski definition) is 0. The summed E-state index contributed by atoms with van der Waals surface area (Å²) < 4.78 is 34.4. The van der Waals surface area contributed by atoms with Gasteiger partial charge in [-0.3, -0.25) is 0 Å². The molecule has 4 nitrogen and oxygen atoms in total. The van der Waals surface area contributed by atoms with Gasteiger partial charge in [-0.1, -0.05) is 49.2 Å². The lowest BCUT2D eigenvalue weighted by atomic mass is 10.2. The van der Waals surface area contributed by atoms with Crippen LogP contribution in [0.1, 0.15) is 25.7 Å². The third-order valence-electron chi connectivity index (χ3n) is 3.39. The minimum atomic E-state index is -1.75. The molecule has 0 aliphatic heterocycles. The van der Waals surface area contributed by atoms with Crippen molar-refractivity contribution >= 4 is 26.7 Å². The van der Waals surface area contributed by atoms with E-state index in [1.807, 2.05) is 60.7 Å². The highest BCUT2D eigenvalue weighted by Gasteiger charge is 2.21. The first-order valence-corrected chi connectivity index (χ1v) is 10.4. The molecule has 2 atom stereocenters. The van der Waals surface area contributed by atoms with Crippen molar-refractivity contribution in [1.82, 2.24) is 0 Å².